The summed E-state index contributed by atoms with van der Waals surface area (Å²) in [5.74, 6) is 0. The summed E-state index contributed by atoms with van der Waals surface area (Å²) in [5.41, 5.74) is 0.232. The molecule has 0 saturated carbocycles. The van der Waals surface area contributed by atoms with Crippen LogP contribution in [0.4, 0.5) is 5.69 Å². The first-order valence-corrected chi connectivity index (χ1v) is 7.89. The summed E-state index contributed by atoms with van der Waals surface area (Å²) in [5, 5.41) is 20.1. The minimum absolute atomic E-state index is 0.122. The first-order valence-electron chi connectivity index (χ1n) is 6.45. The number of para-hydroxylation sites is 1. The van der Waals surface area contributed by atoms with Crippen LogP contribution in [-0.4, -0.2) is 25.8 Å². The fourth-order valence-electron chi connectivity index (χ4n) is 2.12. The summed E-state index contributed by atoms with van der Waals surface area (Å²) in [6.45, 7) is 1.04. The minimum atomic E-state index is -3.55. The van der Waals surface area contributed by atoms with Gasteiger partial charge < -0.3 is 5.32 Å². The number of benzene rings is 1. The molecule has 0 unspecified atom stereocenters. The molecule has 108 valence electrons. The van der Waals surface area contributed by atoms with E-state index < -0.39 is 10.0 Å². The van der Waals surface area contributed by atoms with Gasteiger partial charge in [0.15, 0.2) is 0 Å². The highest BCUT2D eigenvalue weighted by Gasteiger charge is 2.28. The smallest absolute Gasteiger partial charge is 0.245 e. The molecule has 0 amide bonds. The molecule has 1 aliphatic heterocycles. The zero-order chi connectivity index (χ0) is 15.3. The topological polar surface area (TPSA) is 97.0 Å². The number of anilines is 1. The predicted octanol–water partition coefficient (Wildman–Crippen LogP) is 1.81. The Balaban J connectivity index is 2.36. The summed E-state index contributed by atoms with van der Waals surface area (Å²) in [4.78, 5) is 0.151. The van der Waals surface area contributed by atoms with Gasteiger partial charge >= 0.3 is 0 Å². The molecular weight excluding hydrogens is 288 g/mol. The lowest BCUT2D eigenvalue weighted by atomic mass is 10.3. The van der Waals surface area contributed by atoms with Crippen LogP contribution < -0.4 is 5.32 Å². The second-order valence-electron chi connectivity index (χ2n) is 4.53. The van der Waals surface area contributed by atoms with E-state index >= 15 is 0 Å². The first kappa shape index (κ1) is 15.0. The Kier molecular flexibility index (Phi) is 4.59. The zero-order valence-corrected chi connectivity index (χ0v) is 12.1. The summed E-state index contributed by atoms with van der Waals surface area (Å²) in [6.07, 6.45) is 2.93. The van der Waals surface area contributed by atoms with Crippen LogP contribution in [0.3, 0.4) is 0 Å². The normalized spacial score (nSPS) is 15.0. The minimum Gasteiger partial charge on any atom is -0.359 e. The van der Waals surface area contributed by atoms with Crippen LogP contribution in [-0.2, 0) is 10.0 Å². The molecule has 7 heteroatoms. The number of hydrogen-bond acceptors (Lipinski definition) is 5. The molecule has 2 rings (SSSR count). The van der Waals surface area contributed by atoms with Gasteiger partial charge in [-0.1, -0.05) is 12.1 Å². The number of nitriles is 2. The fourth-order valence-corrected chi connectivity index (χ4v) is 3.79. The highest BCUT2D eigenvalue weighted by Crippen LogP contribution is 2.27. The standard InChI is InChI=1S/C14H14N4O2S/c15-9-12(10-16)11-17-13-5-1-2-6-14(13)21(19,20)18-7-3-4-8-18/h1-2,5-6,11,17H,3-4,7-8H2. The van der Waals surface area contributed by atoms with Crippen molar-refractivity contribution in [2.24, 2.45) is 0 Å². The van der Waals surface area contributed by atoms with Gasteiger partial charge in [0.25, 0.3) is 0 Å². The van der Waals surface area contributed by atoms with Crippen LogP contribution in [0.1, 0.15) is 12.8 Å². The number of allylic oxidation sites excluding steroid dienone is 1. The molecule has 1 heterocycles. The van der Waals surface area contributed by atoms with Gasteiger partial charge in [-0.25, -0.2) is 8.42 Å². The van der Waals surface area contributed by atoms with E-state index in [1.54, 1.807) is 30.3 Å². The van der Waals surface area contributed by atoms with Crippen molar-refractivity contribution < 1.29 is 8.42 Å². The average Bonchev–Trinajstić information content (AvgIpc) is 3.03. The van der Waals surface area contributed by atoms with E-state index in [1.165, 1.54) is 16.6 Å². The van der Waals surface area contributed by atoms with Gasteiger partial charge in [0, 0.05) is 19.3 Å². The lowest BCUT2D eigenvalue weighted by Crippen LogP contribution is -2.28. The van der Waals surface area contributed by atoms with Gasteiger partial charge in [0.1, 0.15) is 22.6 Å². The van der Waals surface area contributed by atoms with Crippen molar-refractivity contribution >= 4 is 15.7 Å². The van der Waals surface area contributed by atoms with Crippen LogP contribution in [0.15, 0.2) is 40.9 Å². The second-order valence-corrected chi connectivity index (χ2v) is 6.44. The zero-order valence-electron chi connectivity index (χ0n) is 11.3. The molecule has 0 radical (unpaired) electrons. The van der Waals surface area contributed by atoms with Crippen molar-refractivity contribution in [3.05, 3.63) is 36.0 Å². The molecule has 0 aliphatic carbocycles. The van der Waals surface area contributed by atoms with Crippen molar-refractivity contribution in [2.75, 3.05) is 18.4 Å². The van der Waals surface area contributed by atoms with Gasteiger partial charge in [-0.05, 0) is 25.0 Å². The lowest BCUT2D eigenvalue weighted by molar-refractivity contribution is 0.478. The number of sulfonamides is 1. The molecule has 1 saturated heterocycles. The van der Waals surface area contributed by atoms with E-state index in [9.17, 15) is 8.42 Å². The van der Waals surface area contributed by atoms with Crippen LogP contribution >= 0.6 is 0 Å². The fraction of sp³-hybridized carbons (Fsp3) is 0.286. The maximum absolute atomic E-state index is 12.6. The molecule has 1 aromatic rings. The van der Waals surface area contributed by atoms with Crippen LogP contribution in [0.25, 0.3) is 0 Å². The molecule has 0 aromatic heterocycles. The molecule has 0 spiro atoms. The third-order valence-corrected chi connectivity index (χ3v) is 5.14. The highest BCUT2D eigenvalue weighted by atomic mass is 32.2. The van der Waals surface area contributed by atoms with Crippen molar-refractivity contribution in [3.63, 3.8) is 0 Å². The molecule has 1 aromatic carbocycles. The second kappa shape index (κ2) is 6.40. The van der Waals surface area contributed by atoms with Gasteiger partial charge in [0.2, 0.25) is 10.0 Å². The van der Waals surface area contributed by atoms with E-state index in [1.807, 2.05) is 0 Å². The number of hydrogen-bond donors (Lipinski definition) is 1. The van der Waals surface area contributed by atoms with Crippen LogP contribution in [0.2, 0.25) is 0 Å². The Morgan fingerprint density at radius 2 is 1.81 bits per heavy atom. The summed E-state index contributed by atoms with van der Waals surface area (Å²) < 4.78 is 26.6. The largest absolute Gasteiger partial charge is 0.359 e. The van der Waals surface area contributed by atoms with Gasteiger partial charge in [-0.3, -0.25) is 0 Å². The van der Waals surface area contributed by atoms with E-state index in [2.05, 4.69) is 5.32 Å². The third kappa shape index (κ3) is 3.22. The molecule has 0 atom stereocenters. The number of nitrogens with one attached hydrogen (secondary N) is 1. The monoisotopic (exact) mass is 302 g/mol. The van der Waals surface area contributed by atoms with Crippen LogP contribution in [0.5, 0.6) is 0 Å². The van der Waals surface area contributed by atoms with E-state index in [-0.39, 0.29) is 10.5 Å². The highest BCUT2D eigenvalue weighted by molar-refractivity contribution is 7.89. The quantitative estimate of drug-likeness (QED) is 0.855. The Morgan fingerprint density at radius 1 is 1.19 bits per heavy atom. The van der Waals surface area contributed by atoms with Gasteiger partial charge in [-0.2, -0.15) is 14.8 Å². The molecule has 6 nitrogen and oxygen atoms in total. The molecule has 1 N–H and O–H groups in total. The molecule has 21 heavy (non-hydrogen) atoms. The van der Waals surface area contributed by atoms with E-state index in [4.69, 9.17) is 10.5 Å². The lowest BCUT2D eigenvalue weighted by Gasteiger charge is -2.17. The number of nitrogens with zero attached hydrogens (tertiary/aromatic N) is 3. The molecular formula is C14H14N4O2S. The van der Waals surface area contributed by atoms with Crippen molar-refractivity contribution in [3.8, 4) is 12.1 Å². The van der Waals surface area contributed by atoms with Crippen molar-refractivity contribution in [1.82, 2.24) is 4.31 Å². The summed E-state index contributed by atoms with van der Waals surface area (Å²) in [7, 11) is -3.55. The van der Waals surface area contributed by atoms with Crippen molar-refractivity contribution in [2.45, 2.75) is 17.7 Å². The first-order chi connectivity index (χ1) is 10.1. The maximum Gasteiger partial charge on any atom is 0.245 e. The van der Waals surface area contributed by atoms with Crippen molar-refractivity contribution in [1.29, 1.82) is 10.5 Å². The molecule has 0 bridgehead atoms. The predicted molar refractivity (Wildman–Crippen MR) is 77.4 cm³/mol. The van der Waals surface area contributed by atoms with Gasteiger partial charge in [-0.15, -0.1) is 0 Å². The molecule has 1 aliphatic rings. The Bertz CT molecular complexity index is 719. The Labute approximate surface area is 124 Å². The summed E-state index contributed by atoms with van der Waals surface area (Å²) in [6, 6.07) is 9.88. The Morgan fingerprint density at radius 3 is 2.43 bits per heavy atom. The number of rotatable bonds is 4. The van der Waals surface area contributed by atoms with Gasteiger partial charge in [0.05, 0.1) is 5.69 Å². The third-order valence-electron chi connectivity index (χ3n) is 3.18. The maximum atomic E-state index is 12.6. The van der Waals surface area contributed by atoms with E-state index in [0.29, 0.717) is 18.8 Å². The average molecular weight is 302 g/mol. The van der Waals surface area contributed by atoms with Crippen LogP contribution in [0, 0.1) is 22.7 Å². The SMILES string of the molecule is N#CC(C#N)=CNc1ccccc1S(=O)(=O)N1CCCC1. The molecule has 1 fully saturated rings. The summed E-state index contributed by atoms with van der Waals surface area (Å²) >= 11 is 0. The Hall–Kier alpha value is -2.35. The van der Waals surface area contributed by atoms with E-state index in [0.717, 1.165) is 12.8 Å².